The van der Waals surface area contributed by atoms with Crippen LogP contribution in [0.2, 0.25) is 0 Å². The average molecular weight is 158 g/mol. The van der Waals surface area contributed by atoms with Gasteiger partial charge in [-0.2, -0.15) is 0 Å². The van der Waals surface area contributed by atoms with Crippen molar-refractivity contribution in [1.29, 1.82) is 0 Å². The van der Waals surface area contributed by atoms with Gasteiger partial charge in [0, 0.05) is 0 Å². The Morgan fingerprint density at radius 3 is 2.17 bits per heavy atom. The molecule has 0 fully saturated rings. The summed E-state index contributed by atoms with van der Waals surface area (Å²) in [6.45, 7) is 2.34. The van der Waals surface area contributed by atoms with Gasteiger partial charge >= 0.3 is 0 Å². The largest absolute Gasteiger partial charge is 0.0876 e. The lowest BCUT2D eigenvalue weighted by atomic mass is 9.80. The average Bonchev–Trinajstić information content (AvgIpc) is 2.55. The first-order chi connectivity index (χ1) is 5.81. The molecule has 1 aliphatic carbocycles. The molecule has 1 aliphatic rings. The molecule has 1 aromatic carbocycles. The van der Waals surface area contributed by atoms with Crippen LogP contribution >= 0.6 is 0 Å². The molecule has 0 N–H and O–H groups in total. The minimum atomic E-state index is 0.376. The molecule has 0 nitrogen and oxygen atoms in total. The van der Waals surface area contributed by atoms with Gasteiger partial charge < -0.3 is 0 Å². The summed E-state index contributed by atoms with van der Waals surface area (Å²) in [5.74, 6) is 0. The molecule has 0 aromatic heterocycles. The summed E-state index contributed by atoms with van der Waals surface area (Å²) in [6.07, 6.45) is 6.95. The summed E-state index contributed by atoms with van der Waals surface area (Å²) >= 11 is 0. The first-order valence-electron chi connectivity index (χ1n) is 4.52. The lowest BCUT2D eigenvalue weighted by molar-refractivity contribution is 0.511. The van der Waals surface area contributed by atoms with Crippen molar-refractivity contribution in [3.63, 3.8) is 0 Å². The first-order valence-corrected chi connectivity index (χ1v) is 4.52. The molecule has 0 radical (unpaired) electrons. The van der Waals surface area contributed by atoms with Crippen molar-refractivity contribution in [3.8, 4) is 0 Å². The van der Waals surface area contributed by atoms with Crippen LogP contribution in [0.25, 0.3) is 0 Å². The Hall–Kier alpha value is -1.04. The fraction of sp³-hybridized carbons (Fsp3) is 0.333. The van der Waals surface area contributed by atoms with E-state index >= 15 is 0 Å². The zero-order chi connectivity index (χ0) is 8.44. The first kappa shape index (κ1) is 7.60. The van der Waals surface area contributed by atoms with Crippen LogP contribution in [-0.2, 0) is 5.41 Å². The van der Waals surface area contributed by atoms with Crippen molar-refractivity contribution in [1.82, 2.24) is 0 Å². The molecule has 0 amide bonds. The maximum Gasteiger partial charge on any atom is -0.000640 e. The summed E-state index contributed by atoms with van der Waals surface area (Å²) in [7, 11) is 0. The smallest absolute Gasteiger partial charge is 0.000640 e. The zero-order valence-corrected chi connectivity index (χ0v) is 7.46. The highest BCUT2D eigenvalue weighted by atomic mass is 14.3. The second-order valence-electron chi connectivity index (χ2n) is 3.81. The minimum Gasteiger partial charge on any atom is -0.0876 e. The molecule has 0 unspecified atom stereocenters. The Kier molecular flexibility index (Phi) is 1.76. The van der Waals surface area contributed by atoms with Crippen LogP contribution in [0.4, 0.5) is 0 Å². The van der Waals surface area contributed by atoms with Crippen LogP contribution in [0.3, 0.4) is 0 Å². The molecule has 0 heteroatoms. The molecule has 0 bridgehead atoms. The topological polar surface area (TPSA) is 0 Å². The number of benzene rings is 1. The van der Waals surface area contributed by atoms with E-state index in [4.69, 9.17) is 0 Å². The highest BCUT2D eigenvalue weighted by Crippen LogP contribution is 2.35. The molecular formula is C12H14. The Balaban J connectivity index is 2.31. The van der Waals surface area contributed by atoms with Gasteiger partial charge in [-0.05, 0) is 23.8 Å². The summed E-state index contributed by atoms with van der Waals surface area (Å²) in [4.78, 5) is 0. The Bertz CT molecular complexity index is 274. The van der Waals surface area contributed by atoms with Crippen LogP contribution in [0, 0.1) is 0 Å². The van der Waals surface area contributed by atoms with Crippen molar-refractivity contribution in [3.05, 3.63) is 48.0 Å². The predicted molar refractivity (Wildman–Crippen MR) is 52.2 cm³/mol. The van der Waals surface area contributed by atoms with Gasteiger partial charge in [-0.25, -0.2) is 0 Å². The van der Waals surface area contributed by atoms with E-state index in [0.29, 0.717) is 5.41 Å². The molecule has 0 saturated carbocycles. The highest BCUT2D eigenvalue weighted by Gasteiger charge is 2.26. The monoisotopic (exact) mass is 158 g/mol. The molecule has 1 aromatic rings. The van der Waals surface area contributed by atoms with Gasteiger partial charge in [0.25, 0.3) is 0 Å². The zero-order valence-electron chi connectivity index (χ0n) is 7.46. The summed E-state index contributed by atoms with van der Waals surface area (Å²) < 4.78 is 0. The molecule has 12 heavy (non-hydrogen) atoms. The van der Waals surface area contributed by atoms with Gasteiger partial charge in [-0.3, -0.25) is 0 Å². The van der Waals surface area contributed by atoms with Crippen molar-refractivity contribution < 1.29 is 0 Å². The highest BCUT2D eigenvalue weighted by molar-refractivity contribution is 5.28. The molecule has 0 saturated heterocycles. The number of hydrogen-bond acceptors (Lipinski definition) is 0. The van der Waals surface area contributed by atoms with Crippen molar-refractivity contribution in [2.24, 2.45) is 0 Å². The number of hydrogen-bond donors (Lipinski definition) is 0. The summed E-state index contributed by atoms with van der Waals surface area (Å²) in [5.41, 5.74) is 1.84. The van der Waals surface area contributed by atoms with E-state index in [1.54, 1.807) is 0 Å². The van der Waals surface area contributed by atoms with Gasteiger partial charge in [0.2, 0.25) is 0 Å². The second-order valence-corrected chi connectivity index (χ2v) is 3.81. The summed E-state index contributed by atoms with van der Waals surface area (Å²) in [6, 6.07) is 10.8. The van der Waals surface area contributed by atoms with Crippen LogP contribution in [0.5, 0.6) is 0 Å². The van der Waals surface area contributed by atoms with Gasteiger partial charge in [-0.1, -0.05) is 49.4 Å². The van der Waals surface area contributed by atoms with Gasteiger partial charge in [-0.15, -0.1) is 0 Å². The van der Waals surface area contributed by atoms with E-state index in [-0.39, 0.29) is 0 Å². The van der Waals surface area contributed by atoms with Crippen LogP contribution < -0.4 is 0 Å². The third kappa shape index (κ3) is 1.18. The third-order valence-corrected chi connectivity index (χ3v) is 2.77. The minimum absolute atomic E-state index is 0.376. The number of allylic oxidation sites excluding steroid dienone is 2. The maximum absolute atomic E-state index is 2.34. The fourth-order valence-electron chi connectivity index (χ4n) is 1.85. The van der Waals surface area contributed by atoms with Crippen molar-refractivity contribution in [2.45, 2.75) is 25.2 Å². The molecule has 0 heterocycles. The third-order valence-electron chi connectivity index (χ3n) is 2.77. The van der Waals surface area contributed by atoms with E-state index in [1.165, 1.54) is 18.4 Å². The maximum atomic E-state index is 2.34. The van der Waals surface area contributed by atoms with E-state index < -0.39 is 0 Å². The van der Waals surface area contributed by atoms with E-state index in [1.807, 2.05) is 0 Å². The standard InChI is InChI=1S/C12H14/c1-12(9-5-6-10-12)11-7-3-2-4-8-11/h2-8H,9-10H2,1H3. The number of rotatable bonds is 1. The molecule has 0 spiro atoms. The fourth-order valence-corrected chi connectivity index (χ4v) is 1.85. The molecule has 2 rings (SSSR count). The molecule has 0 atom stereocenters. The Morgan fingerprint density at radius 1 is 1.00 bits per heavy atom. The lowest BCUT2D eigenvalue weighted by Gasteiger charge is -2.23. The van der Waals surface area contributed by atoms with E-state index in [0.717, 1.165) is 0 Å². The summed E-state index contributed by atoms with van der Waals surface area (Å²) in [5, 5.41) is 0. The molecular weight excluding hydrogens is 144 g/mol. The Morgan fingerprint density at radius 2 is 1.58 bits per heavy atom. The quantitative estimate of drug-likeness (QED) is 0.550. The van der Waals surface area contributed by atoms with Gasteiger partial charge in [0.1, 0.15) is 0 Å². The Labute approximate surface area is 73.9 Å². The lowest BCUT2D eigenvalue weighted by Crippen LogP contribution is -2.16. The molecule has 0 aliphatic heterocycles. The normalized spacial score (nSPS) is 19.8. The van der Waals surface area contributed by atoms with Gasteiger partial charge in [0.15, 0.2) is 0 Å². The van der Waals surface area contributed by atoms with E-state index in [9.17, 15) is 0 Å². The van der Waals surface area contributed by atoms with Crippen molar-refractivity contribution >= 4 is 0 Å². The second kappa shape index (κ2) is 2.78. The van der Waals surface area contributed by atoms with Crippen LogP contribution in [-0.4, -0.2) is 0 Å². The van der Waals surface area contributed by atoms with Crippen LogP contribution in [0.1, 0.15) is 25.3 Å². The van der Waals surface area contributed by atoms with Gasteiger partial charge in [0.05, 0.1) is 0 Å². The SMILES string of the molecule is CC1(c2ccccc2)CC=CC1. The molecule has 62 valence electrons. The van der Waals surface area contributed by atoms with Crippen LogP contribution in [0.15, 0.2) is 42.5 Å². The van der Waals surface area contributed by atoms with Crippen molar-refractivity contribution in [2.75, 3.05) is 0 Å². The van der Waals surface area contributed by atoms with E-state index in [2.05, 4.69) is 49.4 Å². The predicted octanol–water partition coefficient (Wildman–Crippen LogP) is 3.29.